The highest BCUT2D eigenvalue weighted by molar-refractivity contribution is 5.91. The fourth-order valence-electron chi connectivity index (χ4n) is 1.88. The van der Waals surface area contributed by atoms with Crippen LogP contribution < -0.4 is 10.1 Å². The van der Waals surface area contributed by atoms with Gasteiger partial charge in [0.25, 0.3) is 5.91 Å². The number of benzene rings is 1. The molecule has 1 aromatic heterocycles. The van der Waals surface area contributed by atoms with Crippen molar-refractivity contribution in [1.29, 1.82) is 0 Å². The van der Waals surface area contributed by atoms with Gasteiger partial charge in [-0.15, -0.1) is 5.10 Å². The van der Waals surface area contributed by atoms with Crippen molar-refractivity contribution in [2.45, 2.75) is 6.54 Å². The topological polar surface area (TPSA) is 72.3 Å². The number of carbonyl (C=O) groups excluding carboxylic acids is 1. The van der Waals surface area contributed by atoms with Gasteiger partial charge in [-0.3, -0.25) is 4.79 Å². The molecule has 0 atom stereocenters. The summed E-state index contributed by atoms with van der Waals surface area (Å²) in [6.45, 7) is 1.92. The van der Waals surface area contributed by atoms with Gasteiger partial charge in [0.2, 0.25) is 0 Å². The molecule has 0 aliphatic carbocycles. The highest BCUT2D eigenvalue weighted by Crippen LogP contribution is 2.12. The second-order valence-corrected chi connectivity index (χ2v) is 5.21. The second-order valence-electron chi connectivity index (χ2n) is 5.21. The quantitative estimate of drug-likeness (QED) is 0.812. The largest absolute Gasteiger partial charge is 0.497 e. The number of nitrogens with one attached hydrogen (secondary N) is 1. The van der Waals surface area contributed by atoms with Gasteiger partial charge < -0.3 is 15.0 Å². The molecule has 1 aromatic carbocycles. The van der Waals surface area contributed by atoms with E-state index in [-0.39, 0.29) is 5.91 Å². The molecular formula is C15H21N5O2. The van der Waals surface area contributed by atoms with Crippen LogP contribution in [-0.4, -0.2) is 60.1 Å². The van der Waals surface area contributed by atoms with Crippen LogP contribution in [0, 0.1) is 0 Å². The Balaban J connectivity index is 1.91. The first kappa shape index (κ1) is 16.0. The lowest BCUT2D eigenvalue weighted by molar-refractivity contribution is 0.0946. The molecular weight excluding hydrogens is 282 g/mol. The number of hydrogen-bond acceptors (Lipinski definition) is 5. The van der Waals surface area contributed by atoms with Gasteiger partial charge >= 0.3 is 0 Å². The Morgan fingerprint density at radius 1 is 1.32 bits per heavy atom. The summed E-state index contributed by atoms with van der Waals surface area (Å²) in [5.74, 6) is 0.603. The van der Waals surface area contributed by atoms with Crippen LogP contribution in [0.3, 0.4) is 0 Å². The number of aromatic nitrogens is 3. The van der Waals surface area contributed by atoms with Crippen LogP contribution in [0.4, 0.5) is 0 Å². The standard InChI is InChI=1S/C15H21N5O2/c1-19(2)9-8-16-15(21)14-11-20(18-17-14)10-12-4-6-13(22-3)7-5-12/h4-7,11H,8-10H2,1-3H3,(H,16,21). The van der Waals surface area contributed by atoms with Gasteiger partial charge in [-0.2, -0.15) is 0 Å². The molecule has 7 nitrogen and oxygen atoms in total. The maximum Gasteiger partial charge on any atom is 0.273 e. The number of likely N-dealkylation sites (N-methyl/N-ethyl adjacent to an activating group) is 1. The van der Waals surface area contributed by atoms with E-state index in [4.69, 9.17) is 4.74 Å². The molecule has 0 aliphatic heterocycles. The van der Waals surface area contributed by atoms with E-state index in [0.29, 0.717) is 18.8 Å². The van der Waals surface area contributed by atoms with E-state index >= 15 is 0 Å². The number of methoxy groups -OCH3 is 1. The summed E-state index contributed by atoms with van der Waals surface area (Å²) in [6.07, 6.45) is 1.65. The molecule has 22 heavy (non-hydrogen) atoms. The van der Waals surface area contributed by atoms with Crippen LogP contribution in [0.25, 0.3) is 0 Å². The van der Waals surface area contributed by atoms with Crippen molar-refractivity contribution in [3.63, 3.8) is 0 Å². The van der Waals surface area contributed by atoms with E-state index in [0.717, 1.165) is 17.9 Å². The molecule has 118 valence electrons. The van der Waals surface area contributed by atoms with Gasteiger partial charge in [-0.1, -0.05) is 17.3 Å². The zero-order valence-electron chi connectivity index (χ0n) is 13.1. The third-order valence-electron chi connectivity index (χ3n) is 3.12. The van der Waals surface area contributed by atoms with Crippen LogP contribution in [0.2, 0.25) is 0 Å². The average Bonchev–Trinajstić information content (AvgIpc) is 2.96. The fraction of sp³-hybridized carbons (Fsp3) is 0.400. The van der Waals surface area contributed by atoms with Crippen LogP contribution in [-0.2, 0) is 6.54 Å². The fourth-order valence-corrected chi connectivity index (χ4v) is 1.88. The molecule has 0 saturated carbocycles. The Morgan fingerprint density at radius 2 is 2.05 bits per heavy atom. The maximum atomic E-state index is 11.9. The third kappa shape index (κ3) is 4.56. The zero-order chi connectivity index (χ0) is 15.9. The molecule has 0 fully saturated rings. The molecule has 1 amide bonds. The van der Waals surface area contributed by atoms with Gasteiger partial charge in [-0.05, 0) is 31.8 Å². The molecule has 0 bridgehead atoms. The number of nitrogens with zero attached hydrogens (tertiary/aromatic N) is 4. The highest BCUT2D eigenvalue weighted by Gasteiger charge is 2.10. The molecule has 1 N–H and O–H groups in total. The smallest absolute Gasteiger partial charge is 0.273 e. The predicted molar refractivity (Wildman–Crippen MR) is 83.0 cm³/mol. The molecule has 7 heteroatoms. The van der Waals surface area contributed by atoms with Crippen molar-refractivity contribution in [2.75, 3.05) is 34.3 Å². The minimum absolute atomic E-state index is 0.206. The molecule has 1 heterocycles. The van der Waals surface area contributed by atoms with Crippen molar-refractivity contribution in [3.05, 3.63) is 41.7 Å². The molecule has 0 radical (unpaired) electrons. The van der Waals surface area contributed by atoms with Crippen molar-refractivity contribution in [3.8, 4) is 5.75 Å². The monoisotopic (exact) mass is 303 g/mol. The summed E-state index contributed by atoms with van der Waals surface area (Å²) < 4.78 is 6.76. The van der Waals surface area contributed by atoms with E-state index in [2.05, 4.69) is 15.6 Å². The normalized spacial score (nSPS) is 10.7. The number of hydrogen-bond donors (Lipinski definition) is 1. The van der Waals surface area contributed by atoms with Gasteiger partial charge in [0.15, 0.2) is 5.69 Å². The van der Waals surface area contributed by atoms with Crippen LogP contribution in [0.5, 0.6) is 5.75 Å². The lowest BCUT2D eigenvalue weighted by Gasteiger charge is -2.09. The second kappa shape index (κ2) is 7.56. The molecule has 0 aliphatic rings. The number of carbonyl (C=O) groups is 1. The summed E-state index contributed by atoms with van der Waals surface area (Å²) in [4.78, 5) is 13.9. The first-order valence-electron chi connectivity index (χ1n) is 7.04. The molecule has 2 aromatic rings. The number of rotatable bonds is 7. The summed E-state index contributed by atoms with van der Waals surface area (Å²) in [6, 6.07) is 7.69. The third-order valence-corrected chi connectivity index (χ3v) is 3.12. The summed E-state index contributed by atoms with van der Waals surface area (Å²) in [5, 5.41) is 10.7. The van der Waals surface area contributed by atoms with Crippen molar-refractivity contribution >= 4 is 5.91 Å². The van der Waals surface area contributed by atoms with E-state index in [1.165, 1.54) is 0 Å². The first-order valence-corrected chi connectivity index (χ1v) is 7.04. The molecule has 0 saturated heterocycles. The lowest BCUT2D eigenvalue weighted by Crippen LogP contribution is -2.31. The average molecular weight is 303 g/mol. The van der Waals surface area contributed by atoms with Crippen molar-refractivity contribution in [2.24, 2.45) is 0 Å². The van der Waals surface area contributed by atoms with Gasteiger partial charge in [0.1, 0.15) is 5.75 Å². The van der Waals surface area contributed by atoms with Crippen LogP contribution in [0.1, 0.15) is 16.1 Å². The Bertz CT molecular complexity index is 607. The first-order chi connectivity index (χ1) is 10.6. The summed E-state index contributed by atoms with van der Waals surface area (Å²) >= 11 is 0. The Hall–Kier alpha value is -2.41. The van der Waals surface area contributed by atoms with Crippen molar-refractivity contribution in [1.82, 2.24) is 25.2 Å². The van der Waals surface area contributed by atoms with Gasteiger partial charge in [0, 0.05) is 13.1 Å². The molecule has 0 unspecified atom stereocenters. The maximum absolute atomic E-state index is 11.9. The van der Waals surface area contributed by atoms with E-state index in [1.807, 2.05) is 43.3 Å². The number of ether oxygens (including phenoxy) is 1. The van der Waals surface area contributed by atoms with Crippen molar-refractivity contribution < 1.29 is 9.53 Å². The summed E-state index contributed by atoms with van der Waals surface area (Å²) in [5.41, 5.74) is 1.39. The molecule has 0 spiro atoms. The van der Waals surface area contributed by atoms with Gasteiger partial charge in [0.05, 0.1) is 19.9 Å². The Labute approximate surface area is 129 Å². The highest BCUT2D eigenvalue weighted by atomic mass is 16.5. The van der Waals surface area contributed by atoms with Crippen LogP contribution >= 0.6 is 0 Å². The van der Waals surface area contributed by atoms with E-state index < -0.39 is 0 Å². The Morgan fingerprint density at radius 3 is 2.68 bits per heavy atom. The lowest BCUT2D eigenvalue weighted by atomic mass is 10.2. The zero-order valence-corrected chi connectivity index (χ0v) is 13.1. The minimum Gasteiger partial charge on any atom is -0.497 e. The summed E-state index contributed by atoms with van der Waals surface area (Å²) in [7, 11) is 5.54. The number of amides is 1. The van der Waals surface area contributed by atoms with E-state index in [9.17, 15) is 4.79 Å². The Kier molecular flexibility index (Phi) is 5.48. The SMILES string of the molecule is COc1ccc(Cn2cc(C(=O)NCCN(C)C)nn2)cc1. The van der Waals surface area contributed by atoms with Gasteiger partial charge in [-0.25, -0.2) is 4.68 Å². The van der Waals surface area contributed by atoms with E-state index in [1.54, 1.807) is 18.0 Å². The minimum atomic E-state index is -0.206. The molecule has 2 rings (SSSR count). The van der Waals surface area contributed by atoms with Crippen LogP contribution in [0.15, 0.2) is 30.5 Å². The predicted octanol–water partition coefficient (Wildman–Crippen LogP) is 0.626.